The Bertz CT molecular complexity index is 1000. The molecule has 2 saturated heterocycles. The maximum atomic E-state index is 13.6. The van der Waals surface area contributed by atoms with Gasteiger partial charge in [-0.05, 0) is 62.8 Å². The molecule has 3 aliphatic rings. The molecule has 10 nitrogen and oxygen atoms in total. The van der Waals surface area contributed by atoms with Gasteiger partial charge in [0.1, 0.15) is 0 Å². The van der Waals surface area contributed by atoms with E-state index < -0.39 is 11.9 Å². The predicted molar refractivity (Wildman–Crippen MR) is 147 cm³/mol. The molecular formula is C29H44N4O6. The van der Waals surface area contributed by atoms with Crippen molar-refractivity contribution in [2.45, 2.75) is 70.3 Å². The van der Waals surface area contributed by atoms with Gasteiger partial charge in [-0.15, -0.1) is 0 Å². The molecular weight excluding hydrogens is 500 g/mol. The average Bonchev–Trinajstić information content (AvgIpc) is 3.54. The van der Waals surface area contributed by atoms with Crippen LogP contribution in [0.25, 0.3) is 0 Å². The van der Waals surface area contributed by atoms with Crippen LogP contribution in [0.5, 0.6) is 11.5 Å². The van der Waals surface area contributed by atoms with E-state index in [9.17, 15) is 19.5 Å². The minimum absolute atomic E-state index is 0.0231. The normalized spacial score (nSPS) is 22.9. The van der Waals surface area contributed by atoms with Crippen LogP contribution in [0.1, 0.15) is 69.8 Å². The van der Waals surface area contributed by atoms with Crippen LogP contribution in [-0.2, 0) is 14.4 Å². The maximum absolute atomic E-state index is 13.6. The molecule has 2 fully saturated rings. The molecule has 10 heteroatoms. The van der Waals surface area contributed by atoms with Crippen LogP contribution in [0.2, 0.25) is 0 Å². The topological polar surface area (TPSA) is 126 Å². The van der Waals surface area contributed by atoms with Crippen LogP contribution in [0.4, 0.5) is 0 Å². The molecule has 4 rings (SSSR count). The lowest BCUT2D eigenvalue weighted by Gasteiger charge is -2.32. The van der Waals surface area contributed by atoms with Crippen molar-refractivity contribution in [1.82, 2.24) is 14.7 Å². The molecule has 0 bridgehead atoms. The molecule has 0 spiro atoms. The number of aliphatic carboxylic acids is 1. The molecule has 3 heterocycles. The number of carbonyl (C=O) groups excluding carboxylic acids is 2. The van der Waals surface area contributed by atoms with Gasteiger partial charge in [-0.25, -0.2) is 0 Å². The van der Waals surface area contributed by atoms with E-state index in [4.69, 9.17) is 15.2 Å². The summed E-state index contributed by atoms with van der Waals surface area (Å²) >= 11 is 0. The standard InChI is InChI=1S/C29H44N4O6/c1-2-3-13-31(15-7-5-12-30)27(35)19-33-18-22(21-9-10-24-25(17-21)39-20-38-24)28(29(36)37)23(33)11-16-32-14-6-4-8-26(32)34/h9-10,17,22-23,28H,2-8,11-16,18-20,30H2,1H3,(H,36,37)/t22-,23+,28-/m1/s1. The number of benzene rings is 1. The van der Waals surface area contributed by atoms with Crippen molar-refractivity contribution < 1.29 is 29.0 Å². The minimum Gasteiger partial charge on any atom is -0.481 e. The van der Waals surface area contributed by atoms with Crippen LogP contribution < -0.4 is 15.2 Å². The Morgan fingerprint density at radius 3 is 2.67 bits per heavy atom. The van der Waals surface area contributed by atoms with Crippen molar-refractivity contribution in [3.63, 3.8) is 0 Å². The van der Waals surface area contributed by atoms with Crippen molar-refractivity contribution in [3.05, 3.63) is 23.8 Å². The summed E-state index contributed by atoms with van der Waals surface area (Å²) in [5, 5.41) is 10.4. The second-order valence-corrected chi connectivity index (χ2v) is 10.9. The summed E-state index contributed by atoms with van der Waals surface area (Å²) in [6.45, 7) is 6.02. The quantitative estimate of drug-likeness (QED) is 0.343. The number of amides is 2. The van der Waals surface area contributed by atoms with Gasteiger partial charge in [0.25, 0.3) is 0 Å². The van der Waals surface area contributed by atoms with E-state index in [-0.39, 0.29) is 37.1 Å². The van der Waals surface area contributed by atoms with E-state index in [0.29, 0.717) is 63.6 Å². The van der Waals surface area contributed by atoms with E-state index in [1.54, 1.807) is 0 Å². The summed E-state index contributed by atoms with van der Waals surface area (Å²) in [7, 11) is 0. The SMILES string of the molecule is CCCCN(CCCCN)C(=O)CN1C[C@H](c2ccc3c(c2)OCO3)[C@@H](C(=O)O)[C@@H]1CCN1CCCCC1=O. The van der Waals surface area contributed by atoms with Crippen LogP contribution in [0, 0.1) is 5.92 Å². The van der Waals surface area contributed by atoms with Gasteiger partial charge in [0.2, 0.25) is 18.6 Å². The average molecular weight is 545 g/mol. The molecule has 0 aromatic heterocycles. The number of rotatable bonds is 14. The van der Waals surface area contributed by atoms with E-state index in [2.05, 4.69) is 6.92 Å². The Morgan fingerprint density at radius 1 is 1.13 bits per heavy atom. The molecule has 1 aromatic rings. The second kappa shape index (κ2) is 14.0. The first-order chi connectivity index (χ1) is 18.9. The third-order valence-electron chi connectivity index (χ3n) is 8.33. The molecule has 3 atom stereocenters. The highest BCUT2D eigenvalue weighted by molar-refractivity contribution is 5.79. The van der Waals surface area contributed by atoms with Gasteiger partial charge in [-0.1, -0.05) is 19.4 Å². The Hall–Kier alpha value is -2.85. The first-order valence-corrected chi connectivity index (χ1v) is 14.5. The zero-order valence-electron chi connectivity index (χ0n) is 23.2. The lowest BCUT2D eigenvalue weighted by molar-refractivity contribution is -0.144. The number of ether oxygens (including phenoxy) is 2. The van der Waals surface area contributed by atoms with Crippen molar-refractivity contribution >= 4 is 17.8 Å². The molecule has 0 aliphatic carbocycles. The van der Waals surface area contributed by atoms with Crippen molar-refractivity contribution in [3.8, 4) is 11.5 Å². The maximum Gasteiger partial charge on any atom is 0.308 e. The molecule has 1 aromatic carbocycles. The lowest BCUT2D eigenvalue weighted by atomic mass is 9.84. The monoisotopic (exact) mass is 544 g/mol. The van der Waals surface area contributed by atoms with E-state index in [1.807, 2.05) is 32.9 Å². The largest absolute Gasteiger partial charge is 0.481 e. The second-order valence-electron chi connectivity index (χ2n) is 10.9. The van der Waals surface area contributed by atoms with Gasteiger partial charge in [-0.3, -0.25) is 19.3 Å². The number of hydrogen-bond acceptors (Lipinski definition) is 7. The van der Waals surface area contributed by atoms with Gasteiger partial charge in [0, 0.05) is 51.1 Å². The fraction of sp³-hybridized carbons (Fsp3) is 0.690. The highest BCUT2D eigenvalue weighted by Crippen LogP contribution is 2.42. The van der Waals surface area contributed by atoms with Crippen molar-refractivity contribution in [2.75, 3.05) is 52.6 Å². The number of nitrogens with zero attached hydrogens (tertiary/aromatic N) is 3. The third kappa shape index (κ3) is 7.22. The Morgan fingerprint density at radius 2 is 1.92 bits per heavy atom. The highest BCUT2D eigenvalue weighted by atomic mass is 16.7. The summed E-state index contributed by atoms with van der Waals surface area (Å²) in [4.78, 5) is 44.6. The van der Waals surface area contributed by atoms with Crippen LogP contribution in [0.15, 0.2) is 18.2 Å². The number of carbonyl (C=O) groups is 3. The molecule has 39 heavy (non-hydrogen) atoms. The number of piperidine rings is 1. The molecule has 216 valence electrons. The zero-order valence-corrected chi connectivity index (χ0v) is 23.2. The molecule has 3 N–H and O–H groups in total. The fourth-order valence-electron chi connectivity index (χ4n) is 6.15. The number of carboxylic acid groups (broad SMARTS) is 1. The molecule has 0 unspecified atom stereocenters. The molecule has 0 saturated carbocycles. The summed E-state index contributed by atoms with van der Waals surface area (Å²) in [5.41, 5.74) is 6.55. The number of nitrogens with two attached hydrogens (primary N) is 1. The van der Waals surface area contributed by atoms with Gasteiger partial charge < -0.3 is 30.1 Å². The number of unbranched alkanes of at least 4 members (excludes halogenated alkanes) is 2. The first kappa shape index (κ1) is 29.1. The van der Waals surface area contributed by atoms with E-state index in [1.165, 1.54) is 0 Å². The summed E-state index contributed by atoms with van der Waals surface area (Å²) < 4.78 is 11.0. The Labute approximate surface area is 231 Å². The number of hydrogen-bond donors (Lipinski definition) is 2. The Balaban J connectivity index is 1.56. The highest BCUT2D eigenvalue weighted by Gasteiger charge is 2.47. The number of fused-ring (bicyclic) bond motifs is 1. The number of carboxylic acids is 1. The molecule has 2 amide bonds. The smallest absolute Gasteiger partial charge is 0.308 e. The fourth-order valence-corrected chi connectivity index (χ4v) is 6.15. The third-order valence-corrected chi connectivity index (χ3v) is 8.33. The molecule has 0 radical (unpaired) electrons. The van der Waals surface area contributed by atoms with Gasteiger partial charge >= 0.3 is 5.97 Å². The van der Waals surface area contributed by atoms with Crippen molar-refractivity contribution in [1.29, 1.82) is 0 Å². The van der Waals surface area contributed by atoms with Crippen molar-refractivity contribution in [2.24, 2.45) is 11.7 Å². The van der Waals surface area contributed by atoms with Gasteiger partial charge in [0.05, 0.1) is 12.5 Å². The predicted octanol–water partition coefficient (Wildman–Crippen LogP) is 2.65. The summed E-state index contributed by atoms with van der Waals surface area (Å²) in [5.74, 6) is -0.477. The summed E-state index contributed by atoms with van der Waals surface area (Å²) in [6, 6.07) is 5.24. The van der Waals surface area contributed by atoms with Gasteiger partial charge in [0.15, 0.2) is 11.5 Å². The molecule has 3 aliphatic heterocycles. The van der Waals surface area contributed by atoms with Crippen LogP contribution in [0.3, 0.4) is 0 Å². The first-order valence-electron chi connectivity index (χ1n) is 14.5. The minimum atomic E-state index is -0.881. The summed E-state index contributed by atoms with van der Waals surface area (Å²) in [6.07, 6.45) is 6.56. The van der Waals surface area contributed by atoms with E-state index in [0.717, 1.165) is 44.1 Å². The van der Waals surface area contributed by atoms with Crippen LogP contribution in [-0.4, -0.2) is 96.2 Å². The van der Waals surface area contributed by atoms with Crippen LogP contribution >= 0.6 is 0 Å². The lowest BCUT2D eigenvalue weighted by Crippen LogP contribution is -2.46. The van der Waals surface area contributed by atoms with E-state index >= 15 is 0 Å². The Kier molecular flexibility index (Phi) is 10.4. The zero-order chi connectivity index (χ0) is 27.8. The number of likely N-dealkylation sites (tertiary alicyclic amines) is 2. The van der Waals surface area contributed by atoms with Gasteiger partial charge in [-0.2, -0.15) is 0 Å².